The highest BCUT2D eigenvalue weighted by Gasteiger charge is 2.35. The van der Waals surface area contributed by atoms with Crippen molar-refractivity contribution in [1.82, 2.24) is 10.9 Å². The van der Waals surface area contributed by atoms with Crippen LogP contribution in [0.25, 0.3) is 0 Å². The number of hydrazine groups is 1. The normalized spacial score (nSPS) is 28.9. The van der Waals surface area contributed by atoms with Gasteiger partial charge in [-0.2, -0.15) is 0 Å². The van der Waals surface area contributed by atoms with E-state index in [4.69, 9.17) is 5.73 Å². The van der Waals surface area contributed by atoms with Crippen LogP contribution in [-0.2, 0) is 0 Å². The molecule has 0 radical (unpaired) electrons. The molecule has 17 heavy (non-hydrogen) atoms. The van der Waals surface area contributed by atoms with Crippen LogP contribution in [0, 0.1) is 15.4 Å². The summed E-state index contributed by atoms with van der Waals surface area (Å²) in [6.07, 6.45) is 1.18. The quantitative estimate of drug-likeness (QED) is 0.738. The summed E-state index contributed by atoms with van der Waals surface area (Å²) >= 11 is 2.39. The number of nitrogens with one attached hydrogen (secondary N) is 2. The van der Waals surface area contributed by atoms with Gasteiger partial charge in [0.05, 0.1) is 12.2 Å². The molecule has 4 N–H and O–H groups in total. The maximum Gasteiger partial charge on any atom is 0.0726 e. The highest BCUT2D eigenvalue weighted by atomic mass is 127. The van der Waals surface area contributed by atoms with E-state index >= 15 is 0 Å². The van der Waals surface area contributed by atoms with Crippen molar-refractivity contribution in [2.45, 2.75) is 32.5 Å². The molecule has 1 aliphatic heterocycles. The maximum atomic E-state index is 6.13. The second-order valence-corrected chi connectivity index (χ2v) is 6.27. The second-order valence-electron chi connectivity index (χ2n) is 5.11. The summed E-state index contributed by atoms with van der Waals surface area (Å²) in [5.74, 6) is 1.11. The van der Waals surface area contributed by atoms with Gasteiger partial charge in [0.25, 0.3) is 0 Å². The molecule has 3 unspecified atom stereocenters. The molecule has 1 saturated heterocycles. The third-order valence-electron chi connectivity index (χ3n) is 3.28. The monoisotopic (exact) mass is 345 g/mol. The Morgan fingerprint density at radius 3 is 2.65 bits per heavy atom. The Morgan fingerprint density at radius 2 is 2.00 bits per heavy atom. The van der Waals surface area contributed by atoms with Gasteiger partial charge in [0.15, 0.2) is 0 Å². The summed E-state index contributed by atoms with van der Waals surface area (Å²) in [7, 11) is 0. The lowest BCUT2D eigenvalue weighted by atomic mass is 9.86. The first kappa shape index (κ1) is 13.3. The van der Waals surface area contributed by atoms with E-state index in [-0.39, 0.29) is 6.17 Å². The van der Waals surface area contributed by atoms with Crippen LogP contribution in [0.15, 0.2) is 24.3 Å². The molecule has 0 saturated carbocycles. The molecule has 1 fully saturated rings. The molecule has 4 heteroatoms. The van der Waals surface area contributed by atoms with Crippen molar-refractivity contribution in [2.24, 2.45) is 17.6 Å². The largest absolute Gasteiger partial charge is 0.315 e. The van der Waals surface area contributed by atoms with Crippen molar-refractivity contribution in [2.75, 3.05) is 0 Å². The van der Waals surface area contributed by atoms with E-state index in [0.29, 0.717) is 17.9 Å². The summed E-state index contributed by atoms with van der Waals surface area (Å²) in [6.45, 7) is 4.50. The molecule has 0 amide bonds. The van der Waals surface area contributed by atoms with E-state index in [1.54, 1.807) is 0 Å². The zero-order chi connectivity index (χ0) is 12.4. The number of halogens is 1. The van der Waals surface area contributed by atoms with E-state index in [0.717, 1.165) is 6.42 Å². The van der Waals surface area contributed by atoms with E-state index in [2.05, 4.69) is 71.6 Å². The van der Waals surface area contributed by atoms with Gasteiger partial charge in [0, 0.05) is 9.49 Å². The topological polar surface area (TPSA) is 50.1 Å². The Hall–Kier alpha value is -0.170. The van der Waals surface area contributed by atoms with Crippen molar-refractivity contribution in [3.8, 4) is 0 Å². The highest BCUT2D eigenvalue weighted by molar-refractivity contribution is 14.1. The fraction of sp³-hybridized carbons (Fsp3) is 0.538. The van der Waals surface area contributed by atoms with Gasteiger partial charge in [-0.1, -0.05) is 32.0 Å². The Kier molecular flexibility index (Phi) is 4.41. The predicted octanol–water partition coefficient (Wildman–Crippen LogP) is 2.39. The Morgan fingerprint density at radius 1 is 1.29 bits per heavy atom. The van der Waals surface area contributed by atoms with Gasteiger partial charge in [-0.05, 0) is 46.6 Å². The molecular formula is C13H20IN3. The summed E-state index contributed by atoms with van der Waals surface area (Å²) in [5.41, 5.74) is 14.0. The lowest BCUT2D eigenvalue weighted by Gasteiger charge is -2.23. The smallest absolute Gasteiger partial charge is 0.0726 e. The molecule has 1 aromatic rings. The standard InChI is InChI=1S/C13H20IN3/c1-8(2)7-10-12(16-17-13(10)15)9-5-3-4-6-11(9)14/h3-6,8,10,12-13,16-17H,7,15H2,1-2H3. The Balaban J connectivity index is 2.22. The van der Waals surface area contributed by atoms with E-state index in [1.807, 2.05) is 0 Å². The number of hydrogen-bond acceptors (Lipinski definition) is 3. The van der Waals surface area contributed by atoms with E-state index in [1.165, 1.54) is 9.13 Å². The number of benzene rings is 1. The third-order valence-corrected chi connectivity index (χ3v) is 4.26. The van der Waals surface area contributed by atoms with Gasteiger partial charge in [0.1, 0.15) is 0 Å². The second kappa shape index (κ2) is 5.65. The molecule has 0 aliphatic carbocycles. The van der Waals surface area contributed by atoms with Crippen molar-refractivity contribution in [3.63, 3.8) is 0 Å². The summed E-state index contributed by atoms with van der Waals surface area (Å²) in [4.78, 5) is 0. The van der Waals surface area contributed by atoms with Crippen molar-refractivity contribution < 1.29 is 0 Å². The molecule has 0 aromatic heterocycles. The third kappa shape index (κ3) is 2.99. The van der Waals surface area contributed by atoms with E-state index in [9.17, 15) is 0 Å². The minimum Gasteiger partial charge on any atom is -0.315 e. The van der Waals surface area contributed by atoms with Crippen LogP contribution in [-0.4, -0.2) is 6.17 Å². The minimum atomic E-state index is 0.0402. The Bertz CT molecular complexity index is 381. The molecule has 0 bridgehead atoms. The molecule has 0 spiro atoms. The minimum absolute atomic E-state index is 0.0402. The van der Waals surface area contributed by atoms with Crippen LogP contribution < -0.4 is 16.6 Å². The van der Waals surface area contributed by atoms with Gasteiger partial charge >= 0.3 is 0 Å². The van der Waals surface area contributed by atoms with Crippen LogP contribution in [0.2, 0.25) is 0 Å². The van der Waals surface area contributed by atoms with Crippen molar-refractivity contribution in [1.29, 1.82) is 0 Å². The van der Waals surface area contributed by atoms with Gasteiger partial charge in [-0.25, -0.2) is 10.9 Å². The van der Waals surface area contributed by atoms with Crippen LogP contribution in [0.1, 0.15) is 31.9 Å². The van der Waals surface area contributed by atoms with Crippen LogP contribution in [0.3, 0.4) is 0 Å². The Labute approximate surface area is 117 Å². The number of nitrogens with two attached hydrogens (primary N) is 1. The zero-order valence-corrected chi connectivity index (χ0v) is 12.4. The molecule has 94 valence electrons. The van der Waals surface area contributed by atoms with Gasteiger partial charge in [-0.3, -0.25) is 0 Å². The predicted molar refractivity (Wildman–Crippen MR) is 79.1 cm³/mol. The maximum absolute atomic E-state index is 6.13. The molecule has 1 aromatic carbocycles. The van der Waals surface area contributed by atoms with Gasteiger partial charge in [-0.15, -0.1) is 0 Å². The van der Waals surface area contributed by atoms with Crippen LogP contribution in [0.4, 0.5) is 0 Å². The molecule has 3 atom stereocenters. The lowest BCUT2D eigenvalue weighted by molar-refractivity contribution is 0.343. The molecular weight excluding hydrogens is 325 g/mol. The summed E-state index contributed by atoms with van der Waals surface area (Å²) in [6, 6.07) is 8.82. The van der Waals surface area contributed by atoms with Gasteiger partial charge < -0.3 is 5.73 Å². The highest BCUT2D eigenvalue weighted by Crippen LogP contribution is 2.33. The SMILES string of the molecule is CC(C)CC1C(N)NNC1c1ccccc1I. The molecule has 1 heterocycles. The van der Waals surface area contributed by atoms with Gasteiger partial charge in [0.2, 0.25) is 0 Å². The lowest BCUT2D eigenvalue weighted by Crippen LogP contribution is -2.39. The van der Waals surface area contributed by atoms with Crippen molar-refractivity contribution >= 4 is 22.6 Å². The fourth-order valence-corrected chi connectivity index (χ4v) is 3.19. The molecule has 2 rings (SSSR count). The van der Waals surface area contributed by atoms with E-state index < -0.39 is 0 Å². The average Bonchev–Trinajstić information content (AvgIpc) is 2.61. The van der Waals surface area contributed by atoms with Crippen LogP contribution in [0.5, 0.6) is 0 Å². The van der Waals surface area contributed by atoms with Crippen molar-refractivity contribution in [3.05, 3.63) is 33.4 Å². The average molecular weight is 345 g/mol. The molecule has 3 nitrogen and oxygen atoms in total. The fourth-order valence-electron chi connectivity index (χ4n) is 2.47. The number of rotatable bonds is 3. The van der Waals surface area contributed by atoms with Crippen LogP contribution >= 0.6 is 22.6 Å². The first-order valence-corrected chi connectivity index (χ1v) is 7.18. The summed E-state index contributed by atoms with van der Waals surface area (Å²) in [5, 5.41) is 0. The number of hydrogen-bond donors (Lipinski definition) is 3. The first-order valence-electron chi connectivity index (χ1n) is 6.10. The molecule has 1 aliphatic rings. The first-order chi connectivity index (χ1) is 8.09. The zero-order valence-electron chi connectivity index (χ0n) is 10.3. The summed E-state index contributed by atoms with van der Waals surface area (Å²) < 4.78 is 1.30.